The molecule has 0 spiro atoms. The largest absolute Gasteiger partial charge is 0.492 e. The molecule has 0 aromatic heterocycles. The Morgan fingerprint density at radius 2 is 1.69 bits per heavy atom. The van der Waals surface area contributed by atoms with E-state index in [0.29, 0.717) is 38.2 Å². The van der Waals surface area contributed by atoms with Gasteiger partial charge in [-0.05, 0) is 41.0 Å². The summed E-state index contributed by atoms with van der Waals surface area (Å²) in [7, 11) is 0. The molecule has 3 aromatic rings. The molecule has 5 heteroatoms. The van der Waals surface area contributed by atoms with Gasteiger partial charge in [-0.1, -0.05) is 36.4 Å². The second-order valence-electron chi connectivity index (χ2n) is 7.41. The van der Waals surface area contributed by atoms with Gasteiger partial charge in [-0.25, -0.2) is 8.78 Å². The summed E-state index contributed by atoms with van der Waals surface area (Å²) in [6.07, 6.45) is -0.0797. The van der Waals surface area contributed by atoms with Crippen LogP contribution in [0.2, 0.25) is 0 Å². The Morgan fingerprint density at radius 3 is 2.45 bits per heavy atom. The van der Waals surface area contributed by atoms with Crippen molar-refractivity contribution in [2.24, 2.45) is 0 Å². The number of hydrogen-bond donors (Lipinski definition) is 1. The van der Waals surface area contributed by atoms with E-state index >= 15 is 0 Å². The molecule has 1 aliphatic heterocycles. The minimum Gasteiger partial charge on any atom is -0.492 e. The van der Waals surface area contributed by atoms with Gasteiger partial charge in [0.2, 0.25) is 0 Å². The predicted octanol–water partition coefficient (Wildman–Crippen LogP) is 4.64. The molecule has 3 nitrogen and oxygen atoms in total. The molecule has 4 rings (SSSR count). The van der Waals surface area contributed by atoms with E-state index in [2.05, 4.69) is 4.90 Å². The summed E-state index contributed by atoms with van der Waals surface area (Å²) in [5.41, 5.74) is 3.45. The first-order chi connectivity index (χ1) is 14.1. The third-order valence-electron chi connectivity index (χ3n) is 5.13. The molecule has 1 atom stereocenters. The Morgan fingerprint density at radius 1 is 0.931 bits per heavy atom. The Kier molecular flexibility index (Phi) is 5.88. The number of hydrogen-bond acceptors (Lipinski definition) is 3. The van der Waals surface area contributed by atoms with Crippen LogP contribution in [0.15, 0.2) is 66.7 Å². The van der Waals surface area contributed by atoms with Gasteiger partial charge in [0.25, 0.3) is 0 Å². The maximum atomic E-state index is 13.5. The number of ether oxygens (including phenoxy) is 1. The number of halogens is 2. The molecular formula is C24H23F2NO2. The lowest BCUT2D eigenvalue weighted by atomic mass is 9.99. The second-order valence-corrected chi connectivity index (χ2v) is 7.41. The maximum Gasteiger partial charge on any atom is 0.126 e. The molecule has 0 saturated carbocycles. The molecule has 150 valence electrons. The lowest BCUT2D eigenvalue weighted by molar-refractivity contribution is 0.178. The molecule has 3 aromatic carbocycles. The number of aliphatic hydroxyl groups excluding tert-OH is 1. The quantitative estimate of drug-likeness (QED) is 0.683. The van der Waals surface area contributed by atoms with Crippen LogP contribution in [0.3, 0.4) is 0 Å². The van der Waals surface area contributed by atoms with E-state index in [4.69, 9.17) is 4.74 Å². The molecule has 1 N–H and O–H groups in total. The molecule has 1 heterocycles. The summed E-state index contributed by atoms with van der Waals surface area (Å²) in [6, 6.07) is 19.2. The van der Waals surface area contributed by atoms with Crippen LogP contribution in [0.25, 0.3) is 0 Å². The van der Waals surface area contributed by atoms with Crippen molar-refractivity contribution in [2.75, 3.05) is 13.2 Å². The minimum absolute atomic E-state index is 0.425. The summed E-state index contributed by atoms with van der Waals surface area (Å²) < 4.78 is 32.9. The van der Waals surface area contributed by atoms with E-state index in [-0.39, 0.29) is 0 Å². The van der Waals surface area contributed by atoms with Crippen molar-refractivity contribution >= 4 is 0 Å². The minimum atomic E-state index is -0.614. The van der Waals surface area contributed by atoms with Gasteiger partial charge in [-0.2, -0.15) is 0 Å². The highest BCUT2D eigenvalue weighted by Gasteiger charge is 2.18. The first-order valence-corrected chi connectivity index (χ1v) is 9.72. The third-order valence-corrected chi connectivity index (χ3v) is 5.13. The average molecular weight is 395 g/mol. The van der Waals surface area contributed by atoms with Crippen molar-refractivity contribution in [3.8, 4) is 5.75 Å². The summed E-state index contributed by atoms with van der Waals surface area (Å²) in [5.74, 6) is -0.357. The van der Waals surface area contributed by atoms with Crippen molar-refractivity contribution in [2.45, 2.75) is 25.6 Å². The van der Waals surface area contributed by atoms with E-state index in [9.17, 15) is 13.9 Å². The van der Waals surface area contributed by atoms with Gasteiger partial charge in [0.1, 0.15) is 24.0 Å². The molecule has 0 amide bonds. The van der Waals surface area contributed by atoms with Crippen LogP contribution in [0.5, 0.6) is 5.75 Å². The predicted molar refractivity (Wildman–Crippen MR) is 108 cm³/mol. The fourth-order valence-electron chi connectivity index (χ4n) is 3.73. The van der Waals surface area contributed by atoms with Crippen molar-refractivity contribution < 1.29 is 18.6 Å². The van der Waals surface area contributed by atoms with E-state index < -0.39 is 17.7 Å². The maximum absolute atomic E-state index is 13.5. The number of benzene rings is 3. The number of fused-ring (bicyclic) bond motifs is 1. The van der Waals surface area contributed by atoms with Crippen molar-refractivity contribution in [3.63, 3.8) is 0 Å². The van der Waals surface area contributed by atoms with E-state index in [0.717, 1.165) is 28.5 Å². The second kappa shape index (κ2) is 8.72. The summed E-state index contributed by atoms with van der Waals surface area (Å²) in [4.78, 5) is 2.09. The fraction of sp³-hybridized carbons (Fsp3) is 0.250. The van der Waals surface area contributed by atoms with Gasteiger partial charge in [-0.15, -0.1) is 0 Å². The van der Waals surface area contributed by atoms with Crippen LogP contribution < -0.4 is 4.74 Å². The van der Waals surface area contributed by atoms with Crippen molar-refractivity contribution in [3.05, 3.63) is 101 Å². The number of nitrogens with zero attached hydrogens (tertiary/aromatic N) is 1. The van der Waals surface area contributed by atoms with Crippen LogP contribution in [0.4, 0.5) is 8.78 Å². The Bertz CT molecular complexity index is 958. The highest BCUT2D eigenvalue weighted by atomic mass is 19.1. The van der Waals surface area contributed by atoms with Crippen LogP contribution in [-0.4, -0.2) is 23.2 Å². The van der Waals surface area contributed by atoms with Crippen molar-refractivity contribution in [1.82, 2.24) is 4.90 Å². The van der Waals surface area contributed by atoms with E-state index in [1.54, 1.807) is 0 Å². The van der Waals surface area contributed by atoms with Crippen LogP contribution >= 0.6 is 0 Å². The fourth-order valence-corrected chi connectivity index (χ4v) is 3.73. The normalized spacial score (nSPS) is 15.3. The highest BCUT2D eigenvalue weighted by Crippen LogP contribution is 2.29. The lowest BCUT2D eigenvalue weighted by Crippen LogP contribution is -2.25. The van der Waals surface area contributed by atoms with Crippen LogP contribution in [-0.2, 0) is 19.5 Å². The highest BCUT2D eigenvalue weighted by molar-refractivity contribution is 5.39. The van der Waals surface area contributed by atoms with Gasteiger partial charge >= 0.3 is 0 Å². The number of rotatable bonds is 5. The zero-order valence-electron chi connectivity index (χ0n) is 16.0. The monoisotopic (exact) mass is 395 g/mol. The zero-order valence-corrected chi connectivity index (χ0v) is 16.0. The van der Waals surface area contributed by atoms with E-state index in [1.807, 2.05) is 48.5 Å². The molecule has 0 unspecified atom stereocenters. The molecule has 0 bridgehead atoms. The molecule has 0 aliphatic carbocycles. The topological polar surface area (TPSA) is 32.7 Å². The molecular weight excluding hydrogens is 372 g/mol. The number of aliphatic hydroxyl groups is 1. The first-order valence-electron chi connectivity index (χ1n) is 9.72. The average Bonchev–Trinajstić information content (AvgIpc) is 2.89. The Hall–Kier alpha value is -2.76. The van der Waals surface area contributed by atoms with Crippen LogP contribution in [0, 0.1) is 11.6 Å². The third kappa shape index (κ3) is 5.00. The molecule has 0 saturated heterocycles. The summed E-state index contributed by atoms with van der Waals surface area (Å²) in [6.45, 7) is 2.15. The van der Waals surface area contributed by atoms with Gasteiger partial charge in [-0.3, -0.25) is 4.90 Å². The standard InChI is InChI=1S/C24H23F2NO2/c25-21-10-18(11-22(26)14-21)15-27-8-9-29-24-7-6-19(13-20(24)16-27)23(28)12-17-4-2-1-3-5-17/h1-7,10-11,13-14,23,28H,8-9,12,15-16H2/t23-/m0/s1. The molecule has 1 aliphatic rings. The Balaban J connectivity index is 1.51. The van der Waals surface area contributed by atoms with Gasteiger partial charge < -0.3 is 9.84 Å². The summed E-state index contributed by atoms with van der Waals surface area (Å²) in [5, 5.41) is 10.7. The van der Waals surface area contributed by atoms with Crippen LogP contribution in [0.1, 0.15) is 28.4 Å². The van der Waals surface area contributed by atoms with Gasteiger partial charge in [0.05, 0.1) is 6.10 Å². The first kappa shape index (κ1) is 19.6. The SMILES string of the molecule is O[C@@H](Cc1ccccc1)c1ccc2c(c1)CN(Cc1cc(F)cc(F)c1)CCO2. The van der Waals surface area contributed by atoms with Gasteiger partial charge in [0.15, 0.2) is 0 Å². The Labute approximate surface area is 169 Å². The molecule has 0 radical (unpaired) electrons. The lowest BCUT2D eigenvalue weighted by Gasteiger charge is -2.20. The molecule has 0 fully saturated rings. The summed E-state index contributed by atoms with van der Waals surface area (Å²) >= 11 is 0. The molecule has 29 heavy (non-hydrogen) atoms. The van der Waals surface area contributed by atoms with E-state index in [1.165, 1.54) is 12.1 Å². The van der Waals surface area contributed by atoms with Crippen molar-refractivity contribution in [1.29, 1.82) is 0 Å². The zero-order chi connectivity index (χ0) is 20.2. The van der Waals surface area contributed by atoms with Gasteiger partial charge in [0, 0.05) is 37.7 Å². The smallest absolute Gasteiger partial charge is 0.126 e.